The Morgan fingerprint density at radius 2 is 1.80 bits per heavy atom. The van der Waals surface area contributed by atoms with Gasteiger partial charge in [0.15, 0.2) is 0 Å². The number of halogens is 1. The minimum Gasteiger partial charge on any atom is -0.311 e. The SMILES string of the molecule is Cc1ccc2nc3sc(C(=O)N(C)c4ccc(Br)cc4)cc3cc2c1. The van der Waals surface area contributed by atoms with Crippen LogP contribution in [-0.2, 0) is 0 Å². The van der Waals surface area contributed by atoms with Crippen molar-refractivity contribution >= 4 is 60.0 Å². The van der Waals surface area contributed by atoms with Crippen LogP contribution in [0.1, 0.15) is 15.2 Å². The standard InChI is InChI=1S/C20H15BrN2OS/c1-12-3-8-17-13(9-12)10-14-11-18(25-19(14)22-17)20(24)23(2)16-6-4-15(21)5-7-16/h3-11H,1-2H3. The second kappa shape index (κ2) is 6.24. The Morgan fingerprint density at radius 3 is 2.56 bits per heavy atom. The van der Waals surface area contributed by atoms with Gasteiger partial charge in [0.25, 0.3) is 5.91 Å². The Labute approximate surface area is 158 Å². The van der Waals surface area contributed by atoms with E-state index in [-0.39, 0.29) is 5.91 Å². The van der Waals surface area contributed by atoms with Crippen molar-refractivity contribution in [3.8, 4) is 0 Å². The number of aryl methyl sites for hydroxylation is 1. The third-order valence-corrected chi connectivity index (χ3v) is 5.75. The van der Waals surface area contributed by atoms with Crippen molar-refractivity contribution in [1.82, 2.24) is 4.98 Å². The van der Waals surface area contributed by atoms with Gasteiger partial charge in [-0.25, -0.2) is 4.98 Å². The van der Waals surface area contributed by atoms with Gasteiger partial charge in [0, 0.05) is 28.0 Å². The first-order valence-corrected chi connectivity index (χ1v) is 9.47. The van der Waals surface area contributed by atoms with E-state index in [2.05, 4.69) is 41.1 Å². The van der Waals surface area contributed by atoms with Gasteiger partial charge in [-0.15, -0.1) is 11.3 Å². The van der Waals surface area contributed by atoms with Crippen molar-refractivity contribution in [3.63, 3.8) is 0 Å². The first kappa shape index (κ1) is 16.2. The average molecular weight is 411 g/mol. The van der Waals surface area contributed by atoms with Gasteiger partial charge in [-0.2, -0.15) is 0 Å². The van der Waals surface area contributed by atoms with Crippen LogP contribution < -0.4 is 4.90 Å². The molecule has 0 aliphatic rings. The fourth-order valence-electron chi connectivity index (χ4n) is 2.81. The minimum atomic E-state index is -0.0226. The van der Waals surface area contributed by atoms with E-state index in [9.17, 15) is 4.79 Å². The van der Waals surface area contributed by atoms with Crippen molar-refractivity contribution in [2.45, 2.75) is 6.92 Å². The van der Waals surface area contributed by atoms with Gasteiger partial charge in [-0.3, -0.25) is 4.79 Å². The molecule has 3 nitrogen and oxygen atoms in total. The summed E-state index contributed by atoms with van der Waals surface area (Å²) in [6.45, 7) is 2.07. The van der Waals surface area contributed by atoms with E-state index in [0.717, 1.165) is 31.3 Å². The molecule has 0 N–H and O–H groups in total. The summed E-state index contributed by atoms with van der Waals surface area (Å²) in [5, 5.41) is 2.11. The van der Waals surface area contributed by atoms with Crippen LogP contribution in [0.15, 0.2) is 59.1 Å². The Hall–Kier alpha value is -2.24. The fraction of sp³-hybridized carbons (Fsp3) is 0.100. The zero-order valence-electron chi connectivity index (χ0n) is 13.8. The molecule has 2 aromatic carbocycles. The van der Waals surface area contributed by atoms with E-state index in [4.69, 9.17) is 4.98 Å². The number of carbonyl (C=O) groups is 1. The highest BCUT2D eigenvalue weighted by molar-refractivity contribution is 9.10. The van der Waals surface area contributed by atoms with Crippen LogP contribution in [0.25, 0.3) is 21.1 Å². The lowest BCUT2D eigenvalue weighted by Crippen LogP contribution is -2.25. The summed E-state index contributed by atoms with van der Waals surface area (Å²) in [6.07, 6.45) is 0. The van der Waals surface area contributed by atoms with Crippen molar-refractivity contribution in [3.05, 3.63) is 69.5 Å². The molecule has 0 saturated carbocycles. The summed E-state index contributed by atoms with van der Waals surface area (Å²) in [4.78, 5) is 20.8. The molecule has 0 saturated heterocycles. The lowest BCUT2D eigenvalue weighted by atomic mass is 10.1. The lowest BCUT2D eigenvalue weighted by molar-refractivity contribution is 0.0997. The molecule has 0 aliphatic heterocycles. The van der Waals surface area contributed by atoms with E-state index in [0.29, 0.717) is 4.88 Å². The Bertz CT molecular complexity index is 1100. The predicted octanol–water partition coefficient (Wildman–Crippen LogP) is 5.80. The molecule has 0 spiro atoms. The predicted molar refractivity (Wildman–Crippen MR) is 109 cm³/mol. The topological polar surface area (TPSA) is 33.2 Å². The number of amides is 1. The summed E-state index contributed by atoms with van der Waals surface area (Å²) in [7, 11) is 1.79. The molecule has 2 heterocycles. The molecule has 0 atom stereocenters. The van der Waals surface area contributed by atoms with E-state index in [1.807, 2.05) is 36.4 Å². The normalized spacial score (nSPS) is 11.2. The fourth-order valence-corrected chi connectivity index (χ4v) is 4.07. The largest absolute Gasteiger partial charge is 0.311 e. The Balaban J connectivity index is 1.74. The number of hydrogen-bond donors (Lipinski definition) is 0. The van der Waals surface area contributed by atoms with Crippen LogP contribution >= 0.6 is 27.3 Å². The number of carbonyl (C=O) groups excluding carboxylic acids is 1. The zero-order chi connectivity index (χ0) is 17.6. The molecular formula is C20H15BrN2OS. The van der Waals surface area contributed by atoms with Gasteiger partial charge >= 0.3 is 0 Å². The summed E-state index contributed by atoms with van der Waals surface area (Å²) in [5.41, 5.74) is 3.02. The van der Waals surface area contributed by atoms with Gasteiger partial charge in [0.1, 0.15) is 4.83 Å². The molecule has 4 aromatic rings. The molecular weight excluding hydrogens is 396 g/mol. The van der Waals surface area contributed by atoms with Gasteiger partial charge in [-0.1, -0.05) is 27.6 Å². The average Bonchev–Trinajstić information content (AvgIpc) is 3.02. The molecule has 4 rings (SSSR count). The number of rotatable bonds is 2. The van der Waals surface area contributed by atoms with Crippen molar-refractivity contribution < 1.29 is 4.79 Å². The second-order valence-electron chi connectivity index (χ2n) is 6.03. The Morgan fingerprint density at radius 1 is 1.04 bits per heavy atom. The molecule has 1 amide bonds. The molecule has 0 bridgehead atoms. The number of thiophene rings is 1. The number of benzene rings is 2. The maximum atomic E-state index is 12.8. The zero-order valence-corrected chi connectivity index (χ0v) is 16.2. The highest BCUT2D eigenvalue weighted by atomic mass is 79.9. The van der Waals surface area contributed by atoms with Crippen molar-refractivity contribution in [2.24, 2.45) is 0 Å². The molecule has 0 unspecified atom stereocenters. The van der Waals surface area contributed by atoms with E-state index >= 15 is 0 Å². The van der Waals surface area contributed by atoms with E-state index in [1.165, 1.54) is 16.9 Å². The molecule has 5 heteroatoms. The molecule has 0 fully saturated rings. The maximum Gasteiger partial charge on any atom is 0.268 e. The van der Waals surface area contributed by atoms with Gasteiger partial charge in [0.05, 0.1) is 10.4 Å². The summed E-state index contributed by atoms with van der Waals surface area (Å²) >= 11 is 4.86. The minimum absolute atomic E-state index is 0.0226. The van der Waals surface area contributed by atoms with Crippen LogP contribution in [0, 0.1) is 6.92 Å². The monoisotopic (exact) mass is 410 g/mol. The number of anilines is 1. The van der Waals surface area contributed by atoms with Gasteiger partial charge in [-0.05, 0) is 55.5 Å². The number of aromatic nitrogens is 1. The highest BCUT2D eigenvalue weighted by Crippen LogP contribution is 2.29. The third-order valence-electron chi connectivity index (χ3n) is 4.19. The molecule has 2 aromatic heterocycles. The van der Waals surface area contributed by atoms with Crippen LogP contribution in [-0.4, -0.2) is 17.9 Å². The first-order valence-electron chi connectivity index (χ1n) is 7.86. The van der Waals surface area contributed by atoms with Gasteiger partial charge < -0.3 is 4.90 Å². The van der Waals surface area contributed by atoms with Gasteiger partial charge in [0.2, 0.25) is 0 Å². The maximum absolute atomic E-state index is 12.8. The van der Waals surface area contributed by atoms with Crippen LogP contribution in [0.5, 0.6) is 0 Å². The third kappa shape index (κ3) is 3.05. The molecule has 25 heavy (non-hydrogen) atoms. The number of pyridine rings is 1. The molecule has 124 valence electrons. The second-order valence-corrected chi connectivity index (χ2v) is 7.98. The van der Waals surface area contributed by atoms with Crippen LogP contribution in [0.2, 0.25) is 0 Å². The Kier molecular flexibility index (Phi) is 4.06. The van der Waals surface area contributed by atoms with Crippen LogP contribution in [0.3, 0.4) is 0 Å². The summed E-state index contributed by atoms with van der Waals surface area (Å²) in [5.74, 6) is -0.0226. The van der Waals surface area contributed by atoms with Crippen molar-refractivity contribution in [1.29, 1.82) is 0 Å². The van der Waals surface area contributed by atoms with Crippen molar-refractivity contribution in [2.75, 3.05) is 11.9 Å². The summed E-state index contributed by atoms with van der Waals surface area (Å²) < 4.78 is 0.991. The van der Waals surface area contributed by atoms with E-state index < -0.39 is 0 Å². The quantitative estimate of drug-likeness (QED) is 0.418. The van der Waals surface area contributed by atoms with E-state index in [1.54, 1.807) is 11.9 Å². The smallest absolute Gasteiger partial charge is 0.268 e. The summed E-state index contributed by atoms with van der Waals surface area (Å²) in [6, 6.07) is 18.0. The number of nitrogens with zero attached hydrogens (tertiary/aromatic N) is 2. The number of fused-ring (bicyclic) bond motifs is 2. The van der Waals surface area contributed by atoms with Crippen LogP contribution in [0.4, 0.5) is 5.69 Å². The first-order chi connectivity index (χ1) is 12.0. The number of hydrogen-bond acceptors (Lipinski definition) is 3. The highest BCUT2D eigenvalue weighted by Gasteiger charge is 2.17. The lowest BCUT2D eigenvalue weighted by Gasteiger charge is -2.16. The molecule has 0 radical (unpaired) electrons. The molecule has 0 aliphatic carbocycles.